The third-order valence-corrected chi connectivity index (χ3v) is 11.1. The molecule has 4 heterocycles. The first-order chi connectivity index (χ1) is 27.8. The smallest absolute Gasteiger partial charge is 0.259 e. The van der Waals surface area contributed by atoms with Crippen molar-refractivity contribution in [3.05, 3.63) is 108 Å². The molecular formula is C42H44F2N8O5S. The first-order valence-electron chi connectivity index (χ1n) is 18.7. The Balaban J connectivity index is 1.18. The third-order valence-electron chi connectivity index (χ3n) is 10.2. The second-order valence-corrected chi connectivity index (χ2v) is 16.7. The Morgan fingerprint density at radius 2 is 1.71 bits per heavy atom. The Kier molecular flexibility index (Phi) is 11.6. The second-order valence-electron chi connectivity index (χ2n) is 14.4. The number of nitrogens with one attached hydrogen (secondary N) is 2. The highest BCUT2D eigenvalue weighted by Gasteiger charge is 2.30. The number of imidazole rings is 1. The van der Waals surface area contributed by atoms with Gasteiger partial charge in [0.15, 0.2) is 0 Å². The highest BCUT2D eigenvalue weighted by molar-refractivity contribution is 7.90. The zero-order valence-electron chi connectivity index (χ0n) is 32.7. The number of piperazine rings is 1. The van der Waals surface area contributed by atoms with Crippen molar-refractivity contribution in [3.8, 4) is 34.1 Å². The fraction of sp³-hybridized carbons (Fsp3) is 0.286. The minimum Gasteiger partial charge on any atom is -0.496 e. The van der Waals surface area contributed by atoms with Gasteiger partial charge in [-0.25, -0.2) is 32.2 Å². The van der Waals surface area contributed by atoms with Crippen LogP contribution in [0.4, 0.5) is 31.8 Å². The zero-order chi connectivity index (χ0) is 41.1. The van der Waals surface area contributed by atoms with Gasteiger partial charge < -0.3 is 25.0 Å². The Bertz CT molecular complexity index is 2560. The number of fused-ring (bicyclic) bond motifs is 1. The molecule has 16 heteroatoms. The summed E-state index contributed by atoms with van der Waals surface area (Å²) in [7, 11) is -0.0652. The van der Waals surface area contributed by atoms with Crippen LogP contribution >= 0.6 is 0 Å². The van der Waals surface area contributed by atoms with Crippen LogP contribution in [0, 0.1) is 17.6 Å². The molecule has 0 aliphatic carbocycles. The lowest BCUT2D eigenvalue weighted by Gasteiger charge is -2.44. The molecule has 0 saturated carbocycles. The number of hydrogen-bond donors (Lipinski definition) is 2. The molecule has 0 radical (unpaired) electrons. The number of anilines is 4. The molecule has 2 N–H and O–H groups in total. The van der Waals surface area contributed by atoms with Crippen LogP contribution in [0.5, 0.6) is 11.5 Å². The lowest BCUT2D eigenvalue weighted by atomic mass is 9.99. The number of carbonyl (C=O) groups is 1. The predicted octanol–water partition coefficient (Wildman–Crippen LogP) is 6.94. The number of ether oxygens (including phenoxy) is 2. The van der Waals surface area contributed by atoms with Crippen LogP contribution in [-0.2, 0) is 9.84 Å². The topological polar surface area (TPSA) is 143 Å². The number of aromatic nitrogens is 4. The van der Waals surface area contributed by atoms with Gasteiger partial charge in [-0.3, -0.25) is 14.1 Å². The number of hydrogen-bond acceptors (Lipinski definition) is 11. The van der Waals surface area contributed by atoms with Crippen LogP contribution < -0.4 is 25.0 Å². The number of pyridine rings is 1. The van der Waals surface area contributed by atoms with Gasteiger partial charge in [0, 0.05) is 68.2 Å². The van der Waals surface area contributed by atoms with Crippen molar-refractivity contribution < 1.29 is 31.5 Å². The molecule has 3 aromatic carbocycles. The maximum absolute atomic E-state index is 14.5. The van der Waals surface area contributed by atoms with Gasteiger partial charge in [-0.2, -0.15) is 0 Å². The van der Waals surface area contributed by atoms with E-state index in [4.69, 9.17) is 19.4 Å². The first kappa shape index (κ1) is 40.1. The van der Waals surface area contributed by atoms with Gasteiger partial charge in [0.2, 0.25) is 5.95 Å². The number of sulfone groups is 1. The van der Waals surface area contributed by atoms with E-state index in [0.717, 1.165) is 37.5 Å². The molecule has 7 rings (SSSR count). The third kappa shape index (κ3) is 8.57. The van der Waals surface area contributed by atoms with E-state index in [1.165, 1.54) is 19.4 Å². The standard InChI is InChI=1S/C42H44F2N8O5S/c1-26(2)34-25-51(20-19-50(34)21-22-58(5,54)55)28-13-14-32(36(24-28)57-4)46-42-45-17-16-33(47-42)40-38(48-37-11-6-7-18-52(37)40)27-12-15-35(56-3)29(23-27)41(53)49-39-30(43)9-8-10-31(39)44/h6-18,23-24,26,34H,19-22,25H2,1-5H3,(H,49,53)(H,45,46,47). The van der Waals surface area contributed by atoms with E-state index in [-0.39, 0.29) is 23.1 Å². The van der Waals surface area contributed by atoms with Crippen LogP contribution in [-0.4, -0.2) is 97.0 Å². The molecule has 1 amide bonds. The van der Waals surface area contributed by atoms with Crippen LogP contribution in [0.1, 0.15) is 24.2 Å². The molecule has 0 spiro atoms. The van der Waals surface area contributed by atoms with Crippen molar-refractivity contribution in [3.63, 3.8) is 0 Å². The minimum atomic E-state index is -3.07. The number of methoxy groups -OCH3 is 2. The fourth-order valence-electron chi connectivity index (χ4n) is 7.20. The van der Waals surface area contributed by atoms with E-state index in [0.29, 0.717) is 58.1 Å². The number of amides is 1. The molecule has 1 aliphatic rings. The van der Waals surface area contributed by atoms with Crippen molar-refractivity contribution in [2.75, 3.05) is 67.9 Å². The summed E-state index contributed by atoms with van der Waals surface area (Å²) in [6.45, 7) is 7.05. The molecule has 0 bridgehead atoms. The van der Waals surface area contributed by atoms with E-state index in [2.05, 4.69) is 39.3 Å². The molecule has 58 heavy (non-hydrogen) atoms. The van der Waals surface area contributed by atoms with Crippen LogP contribution in [0.15, 0.2) is 91.3 Å². The van der Waals surface area contributed by atoms with Crippen LogP contribution in [0.25, 0.3) is 28.3 Å². The summed E-state index contributed by atoms with van der Waals surface area (Å²) in [4.78, 5) is 32.3. The van der Waals surface area contributed by atoms with E-state index >= 15 is 0 Å². The summed E-state index contributed by atoms with van der Waals surface area (Å²) >= 11 is 0. The van der Waals surface area contributed by atoms with Crippen LogP contribution in [0.2, 0.25) is 0 Å². The number of rotatable bonds is 13. The zero-order valence-corrected chi connectivity index (χ0v) is 33.6. The van der Waals surface area contributed by atoms with E-state index in [1.807, 2.05) is 47.0 Å². The van der Waals surface area contributed by atoms with Gasteiger partial charge in [-0.1, -0.05) is 26.0 Å². The largest absolute Gasteiger partial charge is 0.496 e. The number of benzene rings is 3. The van der Waals surface area contributed by atoms with Crippen molar-refractivity contribution in [1.82, 2.24) is 24.3 Å². The highest BCUT2D eigenvalue weighted by atomic mass is 32.2. The average molecular weight is 811 g/mol. The Hall–Kier alpha value is -6.13. The minimum absolute atomic E-state index is 0.0415. The summed E-state index contributed by atoms with van der Waals surface area (Å²) in [5.41, 5.74) is 3.85. The molecule has 302 valence electrons. The number of carbonyl (C=O) groups excluding carboxylic acids is 1. The second kappa shape index (κ2) is 16.8. The summed E-state index contributed by atoms with van der Waals surface area (Å²) < 4.78 is 65.9. The molecule has 6 aromatic rings. The molecule has 1 saturated heterocycles. The predicted molar refractivity (Wildman–Crippen MR) is 221 cm³/mol. The molecule has 1 fully saturated rings. The number of halogens is 2. The lowest BCUT2D eigenvalue weighted by Crippen LogP contribution is -2.56. The maximum atomic E-state index is 14.5. The first-order valence-corrected chi connectivity index (χ1v) is 20.8. The van der Waals surface area contributed by atoms with Crippen molar-refractivity contribution in [2.45, 2.75) is 19.9 Å². The molecule has 1 unspecified atom stereocenters. The monoisotopic (exact) mass is 810 g/mol. The highest BCUT2D eigenvalue weighted by Crippen LogP contribution is 2.37. The summed E-state index contributed by atoms with van der Waals surface area (Å²) in [6.07, 6.45) is 4.76. The normalized spacial score (nSPS) is 14.8. The van der Waals surface area contributed by atoms with Crippen LogP contribution in [0.3, 0.4) is 0 Å². The summed E-state index contributed by atoms with van der Waals surface area (Å²) in [5.74, 6) is -1.06. The fourth-order valence-corrected chi connectivity index (χ4v) is 7.77. The van der Waals surface area contributed by atoms with Gasteiger partial charge in [-0.15, -0.1) is 0 Å². The quantitative estimate of drug-likeness (QED) is 0.125. The van der Waals surface area contributed by atoms with Gasteiger partial charge >= 0.3 is 0 Å². The number of para-hydroxylation sites is 1. The molecular weight excluding hydrogens is 767 g/mol. The maximum Gasteiger partial charge on any atom is 0.259 e. The molecule has 3 aromatic heterocycles. The van der Waals surface area contributed by atoms with Gasteiger partial charge in [0.25, 0.3) is 5.91 Å². The summed E-state index contributed by atoms with van der Waals surface area (Å²) in [6, 6.07) is 21.6. The lowest BCUT2D eigenvalue weighted by molar-refractivity contribution is 0.102. The molecule has 1 atom stereocenters. The van der Waals surface area contributed by atoms with Gasteiger partial charge in [0.1, 0.15) is 44.3 Å². The van der Waals surface area contributed by atoms with E-state index in [9.17, 15) is 22.0 Å². The van der Waals surface area contributed by atoms with E-state index < -0.39 is 33.1 Å². The Morgan fingerprint density at radius 3 is 2.43 bits per heavy atom. The van der Waals surface area contributed by atoms with Gasteiger partial charge in [-0.05, 0) is 66.6 Å². The Labute approximate surface area is 335 Å². The number of nitrogens with zero attached hydrogens (tertiary/aromatic N) is 6. The molecule has 1 aliphatic heterocycles. The SMILES string of the molecule is COc1cc(N2CCN(CCS(C)(=O)=O)C(C(C)C)C2)ccc1Nc1nccc(-c2c(-c3ccc(OC)c(C(=O)Nc4c(F)cccc4F)c3)nc3ccccn23)n1. The summed E-state index contributed by atoms with van der Waals surface area (Å²) in [5, 5.41) is 5.65. The molecule has 13 nitrogen and oxygen atoms in total. The Morgan fingerprint density at radius 1 is 0.931 bits per heavy atom. The van der Waals surface area contributed by atoms with Gasteiger partial charge in [0.05, 0.1) is 48.3 Å². The van der Waals surface area contributed by atoms with Crippen molar-refractivity contribution >= 4 is 44.4 Å². The average Bonchev–Trinajstić information content (AvgIpc) is 3.61. The van der Waals surface area contributed by atoms with Crippen molar-refractivity contribution in [2.24, 2.45) is 5.92 Å². The van der Waals surface area contributed by atoms with Crippen molar-refractivity contribution in [1.29, 1.82) is 0 Å². The van der Waals surface area contributed by atoms with E-state index in [1.54, 1.807) is 37.6 Å².